The van der Waals surface area contributed by atoms with E-state index in [0.717, 1.165) is 19.3 Å². The summed E-state index contributed by atoms with van der Waals surface area (Å²) >= 11 is 5.85. The van der Waals surface area contributed by atoms with Crippen molar-refractivity contribution < 1.29 is 18.3 Å². The van der Waals surface area contributed by atoms with Gasteiger partial charge in [-0.15, -0.1) is 0 Å². The first-order valence-corrected chi connectivity index (χ1v) is 8.84. The number of aliphatic hydroxyl groups is 1. The predicted octanol–water partition coefficient (Wildman–Crippen LogP) is 2.32. The third kappa shape index (κ3) is 4.10. The molecule has 5 nitrogen and oxygen atoms in total. The van der Waals surface area contributed by atoms with Crippen molar-refractivity contribution in [2.24, 2.45) is 0 Å². The fraction of sp³-hybridized carbons (Fsp3) is 0.571. The number of benzene rings is 1. The Morgan fingerprint density at radius 3 is 2.71 bits per heavy atom. The van der Waals surface area contributed by atoms with Crippen LogP contribution in [0.15, 0.2) is 23.1 Å². The number of hydrogen-bond donors (Lipinski definition) is 2. The Labute approximate surface area is 130 Å². The van der Waals surface area contributed by atoms with Gasteiger partial charge in [0.1, 0.15) is 10.6 Å². The number of methoxy groups -OCH3 is 1. The minimum Gasteiger partial charge on any atom is -0.495 e. The Morgan fingerprint density at radius 2 is 2.00 bits per heavy atom. The second kappa shape index (κ2) is 6.96. The summed E-state index contributed by atoms with van der Waals surface area (Å²) in [4.78, 5) is 0.0332. The van der Waals surface area contributed by atoms with E-state index >= 15 is 0 Å². The van der Waals surface area contributed by atoms with Crippen molar-refractivity contribution in [3.05, 3.63) is 23.2 Å². The second-order valence-corrected chi connectivity index (χ2v) is 7.35. The molecule has 0 heterocycles. The van der Waals surface area contributed by atoms with Crippen molar-refractivity contribution in [2.75, 3.05) is 7.11 Å². The molecule has 0 spiro atoms. The summed E-state index contributed by atoms with van der Waals surface area (Å²) in [7, 11) is -2.37. The molecule has 7 heteroatoms. The van der Waals surface area contributed by atoms with Gasteiger partial charge in [0.25, 0.3) is 0 Å². The third-order valence-corrected chi connectivity index (χ3v) is 5.47. The minimum atomic E-state index is -3.76. The Hall–Kier alpha value is -0.820. The van der Waals surface area contributed by atoms with E-state index in [1.807, 2.05) is 0 Å². The topological polar surface area (TPSA) is 75.6 Å². The molecular formula is C14H20ClNO4S. The van der Waals surface area contributed by atoms with Crippen molar-refractivity contribution in [1.82, 2.24) is 4.72 Å². The molecule has 21 heavy (non-hydrogen) atoms. The van der Waals surface area contributed by atoms with Crippen molar-refractivity contribution in [3.63, 3.8) is 0 Å². The van der Waals surface area contributed by atoms with Crippen LogP contribution in [0.25, 0.3) is 0 Å². The second-order valence-electron chi connectivity index (χ2n) is 5.23. The van der Waals surface area contributed by atoms with Crippen LogP contribution in [-0.2, 0) is 10.0 Å². The number of aliphatic hydroxyl groups excluding tert-OH is 1. The minimum absolute atomic E-state index is 0.0332. The van der Waals surface area contributed by atoms with Crippen LogP contribution in [0.4, 0.5) is 0 Å². The summed E-state index contributed by atoms with van der Waals surface area (Å²) in [5.74, 6) is 0.193. The highest BCUT2D eigenvalue weighted by atomic mass is 35.5. The molecular weight excluding hydrogens is 314 g/mol. The number of ether oxygens (including phenoxy) is 1. The normalized spacial score (nSPS) is 23.6. The molecule has 0 bridgehead atoms. The van der Waals surface area contributed by atoms with Gasteiger partial charge in [0.05, 0.1) is 13.2 Å². The summed E-state index contributed by atoms with van der Waals surface area (Å²) in [5.41, 5.74) is 0. The first-order chi connectivity index (χ1) is 9.94. The predicted molar refractivity (Wildman–Crippen MR) is 81.2 cm³/mol. The van der Waals surface area contributed by atoms with E-state index in [4.69, 9.17) is 16.3 Å². The van der Waals surface area contributed by atoms with Gasteiger partial charge in [0, 0.05) is 17.1 Å². The Bertz CT molecular complexity index is 591. The molecule has 0 aromatic heterocycles. The molecule has 1 aromatic rings. The lowest BCUT2D eigenvalue weighted by molar-refractivity contribution is 0.130. The standard InChI is InChI=1S/C14H20ClNO4S/c1-20-13-9-10(15)7-8-14(13)21(18,19)16-11-5-3-2-4-6-12(11)17/h7-9,11-12,16-17H,2-6H2,1H3. The molecule has 1 saturated carbocycles. The van der Waals surface area contributed by atoms with Crippen molar-refractivity contribution in [2.45, 2.75) is 49.1 Å². The quantitative estimate of drug-likeness (QED) is 0.829. The van der Waals surface area contributed by atoms with Gasteiger partial charge in [0.15, 0.2) is 0 Å². The summed E-state index contributed by atoms with van der Waals surface area (Å²) in [6, 6.07) is 3.91. The molecule has 2 rings (SSSR count). The van der Waals surface area contributed by atoms with E-state index in [1.165, 1.54) is 25.3 Å². The van der Waals surface area contributed by atoms with Crippen LogP contribution in [0, 0.1) is 0 Å². The molecule has 2 atom stereocenters. The number of sulfonamides is 1. The average molecular weight is 334 g/mol. The zero-order valence-corrected chi connectivity index (χ0v) is 13.5. The van der Waals surface area contributed by atoms with Crippen molar-refractivity contribution in [1.29, 1.82) is 0 Å². The maximum Gasteiger partial charge on any atom is 0.244 e. The first-order valence-electron chi connectivity index (χ1n) is 6.98. The molecule has 0 saturated heterocycles. The van der Waals surface area contributed by atoms with E-state index in [-0.39, 0.29) is 10.6 Å². The molecule has 1 fully saturated rings. The highest BCUT2D eigenvalue weighted by Crippen LogP contribution is 2.28. The summed E-state index contributed by atoms with van der Waals surface area (Å²) in [5, 5.41) is 10.5. The SMILES string of the molecule is COc1cc(Cl)ccc1S(=O)(=O)NC1CCCCCC1O. The van der Waals surface area contributed by atoms with Gasteiger partial charge >= 0.3 is 0 Å². The number of nitrogens with one attached hydrogen (secondary N) is 1. The zero-order valence-electron chi connectivity index (χ0n) is 11.9. The van der Waals surface area contributed by atoms with E-state index in [9.17, 15) is 13.5 Å². The zero-order chi connectivity index (χ0) is 15.5. The number of halogens is 1. The Kier molecular flexibility index (Phi) is 5.48. The third-order valence-electron chi connectivity index (χ3n) is 3.70. The molecule has 2 unspecified atom stereocenters. The smallest absolute Gasteiger partial charge is 0.244 e. The Morgan fingerprint density at radius 1 is 1.29 bits per heavy atom. The molecule has 2 N–H and O–H groups in total. The highest BCUT2D eigenvalue weighted by molar-refractivity contribution is 7.89. The molecule has 118 valence electrons. The van der Waals surface area contributed by atoms with Gasteiger partial charge in [-0.25, -0.2) is 13.1 Å². The maximum atomic E-state index is 12.5. The van der Waals surface area contributed by atoms with Crippen LogP contribution < -0.4 is 9.46 Å². The van der Waals surface area contributed by atoms with Crippen molar-refractivity contribution >= 4 is 21.6 Å². The van der Waals surface area contributed by atoms with Crippen LogP contribution in [0.5, 0.6) is 5.75 Å². The number of hydrogen-bond acceptors (Lipinski definition) is 4. The van der Waals surface area contributed by atoms with Crippen LogP contribution in [0.1, 0.15) is 32.1 Å². The molecule has 0 aliphatic heterocycles. The summed E-state index contributed by atoms with van der Waals surface area (Å²) in [6.45, 7) is 0. The lowest BCUT2D eigenvalue weighted by Crippen LogP contribution is -2.42. The highest BCUT2D eigenvalue weighted by Gasteiger charge is 2.28. The van der Waals surface area contributed by atoms with Crippen molar-refractivity contribution in [3.8, 4) is 5.75 Å². The van der Waals surface area contributed by atoms with E-state index in [0.29, 0.717) is 17.9 Å². The number of rotatable bonds is 4. The van der Waals surface area contributed by atoms with Gasteiger partial charge in [-0.05, 0) is 25.0 Å². The summed E-state index contributed by atoms with van der Waals surface area (Å²) in [6.07, 6.45) is 3.44. The molecule has 1 aliphatic carbocycles. The largest absolute Gasteiger partial charge is 0.495 e. The van der Waals surface area contributed by atoms with Gasteiger partial charge in [-0.2, -0.15) is 0 Å². The van der Waals surface area contributed by atoms with Gasteiger partial charge < -0.3 is 9.84 Å². The van der Waals surface area contributed by atoms with E-state index < -0.39 is 22.2 Å². The lowest BCUT2D eigenvalue weighted by atomic mass is 10.1. The van der Waals surface area contributed by atoms with Crippen LogP contribution >= 0.6 is 11.6 Å². The van der Waals surface area contributed by atoms with Crippen LogP contribution in [0.2, 0.25) is 5.02 Å². The molecule has 0 amide bonds. The van der Waals surface area contributed by atoms with Gasteiger partial charge in [-0.3, -0.25) is 0 Å². The van der Waals surface area contributed by atoms with Crippen LogP contribution in [0.3, 0.4) is 0 Å². The van der Waals surface area contributed by atoms with E-state index in [1.54, 1.807) is 0 Å². The summed E-state index contributed by atoms with van der Waals surface area (Å²) < 4.78 is 32.7. The molecule has 1 aliphatic rings. The fourth-order valence-corrected chi connectivity index (χ4v) is 4.17. The maximum absolute atomic E-state index is 12.5. The van der Waals surface area contributed by atoms with Crippen LogP contribution in [-0.4, -0.2) is 32.8 Å². The van der Waals surface area contributed by atoms with E-state index in [2.05, 4.69) is 4.72 Å². The molecule has 0 radical (unpaired) electrons. The Balaban J connectivity index is 2.25. The molecule has 1 aromatic carbocycles. The fourth-order valence-electron chi connectivity index (χ4n) is 2.55. The monoisotopic (exact) mass is 333 g/mol. The average Bonchev–Trinajstić information content (AvgIpc) is 2.63. The van der Waals surface area contributed by atoms with Gasteiger partial charge in [-0.1, -0.05) is 30.9 Å². The first kappa shape index (κ1) is 16.5. The van der Waals surface area contributed by atoms with Gasteiger partial charge in [0.2, 0.25) is 10.0 Å². The lowest BCUT2D eigenvalue weighted by Gasteiger charge is -2.22.